The van der Waals surface area contributed by atoms with Gasteiger partial charge in [0.25, 0.3) is 11.1 Å². The number of carbonyl (C=O) groups excluding carboxylic acids is 2. The van der Waals surface area contributed by atoms with Crippen LogP contribution in [0, 0.1) is 6.92 Å². The van der Waals surface area contributed by atoms with Gasteiger partial charge in [0.2, 0.25) is 0 Å². The van der Waals surface area contributed by atoms with Crippen molar-refractivity contribution < 1.29 is 14.3 Å². The first-order valence-electron chi connectivity index (χ1n) is 10.9. The van der Waals surface area contributed by atoms with Gasteiger partial charge in [0.05, 0.1) is 18.1 Å². The predicted octanol–water partition coefficient (Wildman–Crippen LogP) is 6.91. The van der Waals surface area contributed by atoms with Gasteiger partial charge in [0.15, 0.2) is 0 Å². The number of carbonyl (C=O) groups is 2. The van der Waals surface area contributed by atoms with Gasteiger partial charge in [-0.2, -0.15) is 0 Å². The smallest absolute Gasteiger partial charge is 0.293 e. The first-order valence-corrected chi connectivity index (χ1v) is 11.7. The number of imide groups is 1. The largest absolute Gasteiger partial charge is 0.494 e. The van der Waals surface area contributed by atoms with E-state index in [1.54, 1.807) is 0 Å². The molecule has 0 radical (unpaired) electrons. The van der Waals surface area contributed by atoms with Crippen LogP contribution in [0.15, 0.2) is 59.5 Å². The lowest BCUT2D eigenvalue weighted by Gasteiger charge is -2.16. The summed E-state index contributed by atoms with van der Waals surface area (Å²) in [6.07, 6.45) is 1.84. The Kier molecular flexibility index (Phi) is 6.38. The fourth-order valence-corrected chi connectivity index (χ4v) is 4.81. The minimum Gasteiger partial charge on any atom is -0.494 e. The lowest BCUT2D eigenvalue weighted by atomic mass is 9.96. The van der Waals surface area contributed by atoms with Crippen molar-refractivity contribution in [3.63, 3.8) is 0 Å². The zero-order valence-corrected chi connectivity index (χ0v) is 19.7. The van der Waals surface area contributed by atoms with Gasteiger partial charge in [-0.25, -0.2) is 0 Å². The van der Waals surface area contributed by atoms with E-state index in [2.05, 4.69) is 19.9 Å². The summed E-state index contributed by atoms with van der Waals surface area (Å²) in [6, 6.07) is 18.1. The van der Waals surface area contributed by atoms with E-state index < -0.39 is 0 Å². The zero-order chi connectivity index (χ0) is 22.8. The van der Waals surface area contributed by atoms with E-state index in [9.17, 15) is 9.59 Å². The highest BCUT2D eigenvalue weighted by Gasteiger charge is 2.35. The maximum atomic E-state index is 13.2. The molecule has 1 aliphatic heterocycles. The molecule has 0 saturated carbocycles. The first-order chi connectivity index (χ1) is 15.4. The molecule has 1 saturated heterocycles. The van der Waals surface area contributed by atoms with Crippen molar-refractivity contribution in [2.24, 2.45) is 0 Å². The second-order valence-electron chi connectivity index (χ2n) is 8.24. The molecule has 3 aromatic rings. The summed E-state index contributed by atoms with van der Waals surface area (Å²) in [7, 11) is 0. The number of nitrogens with zero attached hydrogens (tertiary/aromatic N) is 1. The third kappa shape index (κ3) is 4.30. The fraction of sp³-hybridized carbons (Fsp3) is 0.259. The Bertz CT molecular complexity index is 1220. The number of hydrogen-bond donors (Lipinski definition) is 0. The molecule has 0 bridgehead atoms. The molecular weight excluding hydrogens is 418 g/mol. The third-order valence-electron chi connectivity index (χ3n) is 5.69. The van der Waals surface area contributed by atoms with Gasteiger partial charge in [-0.05, 0) is 82.8 Å². The second-order valence-corrected chi connectivity index (χ2v) is 9.23. The van der Waals surface area contributed by atoms with E-state index in [-0.39, 0.29) is 23.6 Å². The summed E-state index contributed by atoms with van der Waals surface area (Å²) < 4.78 is 5.81. The number of benzene rings is 3. The van der Waals surface area contributed by atoms with Crippen LogP contribution in [0.1, 0.15) is 48.9 Å². The summed E-state index contributed by atoms with van der Waals surface area (Å²) in [5.74, 6) is 0.916. The van der Waals surface area contributed by atoms with Crippen molar-refractivity contribution >= 4 is 39.8 Å². The van der Waals surface area contributed by atoms with Gasteiger partial charge < -0.3 is 4.74 Å². The maximum Gasteiger partial charge on any atom is 0.293 e. The summed E-state index contributed by atoms with van der Waals surface area (Å²) in [5.41, 5.74) is 4.01. The number of fused-ring (bicyclic) bond motifs is 1. The highest BCUT2D eigenvalue weighted by atomic mass is 32.2. The standard InChI is InChI=1S/C27H27NO3S/c1-5-31-24-13-18(4)21(14-23(24)17(2)3)15-25-26(29)28(27(30)32-25)16-20-11-8-10-19-9-6-7-12-22(19)20/h6-15,17H,5,16H2,1-4H3/b25-15+. The van der Waals surface area contributed by atoms with Crippen molar-refractivity contribution in [1.82, 2.24) is 4.90 Å². The molecule has 4 rings (SSSR count). The molecule has 0 atom stereocenters. The Morgan fingerprint density at radius 3 is 2.56 bits per heavy atom. The van der Waals surface area contributed by atoms with E-state index in [4.69, 9.17) is 4.74 Å². The molecule has 1 fully saturated rings. The summed E-state index contributed by atoms with van der Waals surface area (Å²) >= 11 is 1.01. The van der Waals surface area contributed by atoms with Crippen molar-refractivity contribution in [3.05, 3.63) is 81.8 Å². The molecular formula is C27H27NO3S. The molecule has 5 heteroatoms. The van der Waals surface area contributed by atoms with Gasteiger partial charge in [0.1, 0.15) is 5.75 Å². The van der Waals surface area contributed by atoms with Crippen LogP contribution in [0.25, 0.3) is 16.8 Å². The van der Waals surface area contributed by atoms with Gasteiger partial charge in [-0.3, -0.25) is 14.5 Å². The second kappa shape index (κ2) is 9.21. The van der Waals surface area contributed by atoms with E-state index in [1.807, 2.05) is 68.5 Å². The van der Waals surface area contributed by atoms with Crippen LogP contribution in [0.3, 0.4) is 0 Å². The van der Waals surface area contributed by atoms with Crippen LogP contribution >= 0.6 is 11.8 Å². The lowest BCUT2D eigenvalue weighted by molar-refractivity contribution is -0.123. The molecule has 0 spiro atoms. The van der Waals surface area contributed by atoms with E-state index in [0.29, 0.717) is 11.5 Å². The third-order valence-corrected chi connectivity index (χ3v) is 6.60. The number of amides is 2. The number of aryl methyl sites for hydroxylation is 1. The summed E-state index contributed by atoms with van der Waals surface area (Å²) in [6.45, 7) is 9.08. The molecule has 4 nitrogen and oxygen atoms in total. The molecule has 0 unspecified atom stereocenters. The molecule has 2 amide bonds. The molecule has 0 aliphatic carbocycles. The van der Waals surface area contributed by atoms with E-state index in [0.717, 1.165) is 50.5 Å². The number of rotatable bonds is 6. The van der Waals surface area contributed by atoms with Crippen molar-refractivity contribution in [2.45, 2.75) is 40.2 Å². The molecule has 0 aromatic heterocycles. The average molecular weight is 446 g/mol. The van der Waals surface area contributed by atoms with Crippen molar-refractivity contribution in [2.75, 3.05) is 6.61 Å². The molecule has 3 aromatic carbocycles. The van der Waals surface area contributed by atoms with Crippen molar-refractivity contribution in [3.8, 4) is 5.75 Å². The summed E-state index contributed by atoms with van der Waals surface area (Å²) in [4.78, 5) is 27.7. The van der Waals surface area contributed by atoms with Crippen LogP contribution < -0.4 is 4.74 Å². The van der Waals surface area contributed by atoms with Crippen LogP contribution in [-0.4, -0.2) is 22.7 Å². The lowest BCUT2D eigenvalue weighted by Crippen LogP contribution is -2.27. The Morgan fingerprint density at radius 2 is 1.81 bits per heavy atom. The van der Waals surface area contributed by atoms with Crippen molar-refractivity contribution in [1.29, 1.82) is 0 Å². The average Bonchev–Trinajstić information content (AvgIpc) is 3.03. The fourth-order valence-electron chi connectivity index (χ4n) is 3.98. The number of thioether (sulfide) groups is 1. The maximum absolute atomic E-state index is 13.2. The van der Waals surface area contributed by atoms with Crippen LogP contribution in [0.5, 0.6) is 5.75 Å². The Morgan fingerprint density at radius 1 is 1.06 bits per heavy atom. The van der Waals surface area contributed by atoms with Gasteiger partial charge >= 0.3 is 0 Å². The Hall–Kier alpha value is -3.05. The molecule has 0 N–H and O–H groups in total. The van der Waals surface area contributed by atoms with Gasteiger partial charge in [0, 0.05) is 0 Å². The molecule has 1 aliphatic rings. The predicted molar refractivity (Wildman–Crippen MR) is 132 cm³/mol. The minimum atomic E-state index is -0.243. The highest BCUT2D eigenvalue weighted by molar-refractivity contribution is 8.18. The Balaban J connectivity index is 1.65. The summed E-state index contributed by atoms with van der Waals surface area (Å²) in [5, 5.41) is 1.92. The van der Waals surface area contributed by atoms with E-state index >= 15 is 0 Å². The van der Waals surface area contributed by atoms with Crippen LogP contribution in [0.2, 0.25) is 0 Å². The monoisotopic (exact) mass is 445 g/mol. The molecule has 32 heavy (non-hydrogen) atoms. The van der Waals surface area contributed by atoms with Crippen LogP contribution in [0.4, 0.5) is 4.79 Å². The minimum absolute atomic E-state index is 0.234. The van der Waals surface area contributed by atoms with E-state index in [1.165, 1.54) is 4.90 Å². The quantitative estimate of drug-likeness (QED) is 0.387. The number of hydrogen-bond acceptors (Lipinski definition) is 4. The molecule has 1 heterocycles. The number of ether oxygens (including phenoxy) is 1. The SMILES string of the molecule is CCOc1cc(C)c(/C=C2/SC(=O)N(Cc3cccc4ccccc34)C2=O)cc1C(C)C. The molecule has 164 valence electrons. The van der Waals surface area contributed by atoms with Crippen LogP contribution in [-0.2, 0) is 11.3 Å². The zero-order valence-electron chi connectivity index (χ0n) is 18.8. The van der Waals surface area contributed by atoms with Gasteiger partial charge in [-0.15, -0.1) is 0 Å². The Labute approximate surface area is 193 Å². The highest BCUT2D eigenvalue weighted by Crippen LogP contribution is 2.36. The normalized spacial score (nSPS) is 15.4. The first kappa shape index (κ1) is 22.2. The topological polar surface area (TPSA) is 46.6 Å². The van der Waals surface area contributed by atoms with Gasteiger partial charge in [-0.1, -0.05) is 56.3 Å².